The van der Waals surface area contributed by atoms with Gasteiger partial charge in [-0.05, 0) is 25.8 Å². The number of aromatic nitrogens is 6. The van der Waals surface area contributed by atoms with Crippen molar-refractivity contribution in [3.8, 4) is 0 Å². The van der Waals surface area contributed by atoms with Crippen LogP contribution < -0.4 is 5.32 Å². The van der Waals surface area contributed by atoms with E-state index in [0.29, 0.717) is 18.2 Å². The summed E-state index contributed by atoms with van der Waals surface area (Å²) in [6, 6.07) is 1.88. The molecule has 9 nitrogen and oxygen atoms in total. The molecule has 1 aliphatic rings. The van der Waals surface area contributed by atoms with E-state index in [4.69, 9.17) is 0 Å². The second kappa shape index (κ2) is 8.81. The van der Waals surface area contributed by atoms with Crippen molar-refractivity contribution in [2.75, 3.05) is 18.4 Å². The van der Waals surface area contributed by atoms with Gasteiger partial charge in [-0.15, -0.1) is 0 Å². The summed E-state index contributed by atoms with van der Waals surface area (Å²) < 4.78 is 1.71. The highest BCUT2D eigenvalue weighted by molar-refractivity contribution is 5.91. The Morgan fingerprint density at radius 3 is 2.90 bits per heavy atom. The number of hydrogen-bond donors (Lipinski definition) is 1. The SMILES string of the molecule is Cc1cc(Nc2cnccn2)nc([C@@H]2CCCN(C(=O)/C=C/c3cnn(C)c3)C2)n1. The van der Waals surface area contributed by atoms with Gasteiger partial charge in [0.2, 0.25) is 5.91 Å². The number of rotatable bonds is 5. The van der Waals surface area contributed by atoms with Crippen molar-refractivity contribution in [2.45, 2.75) is 25.7 Å². The summed E-state index contributed by atoms with van der Waals surface area (Å²) in [7, 11) is 1.85. The Morgan fingerprint density at radius 2 is 2.13 bits per heavy atom. The van der Waals surface area contributed by atoms with E-state index >= 15 is 0 Å². The predicted octanol–water partition coefficient (Wildman–Crippen LogP) is 2.47. The van der Waals surface area contributed by atoms with Crippen molar-refractivity contribution in [3.63, 3.8) is 0 Å². The fourth-order valence-electron chi connectivity index (χ4n) is 3.52. The van der Waals surface area contributed by atoms with Gasteiger partial charge in [-0.25, -0.2) is 15.0 Å². The van der Waals surface area contributed by atoms with E-state index < -0.39 is 0 Å². The highest BCUT2D eigenvalue weighted by atomic mass is 16.2. The molecule has 154 valence electrons. The summed E-state index contributed by atoms with van der Waals surface area (Å²) in [4.78, 5) is 32.1. The van der Waals surface area contributed by atoms with E-state index in [9.17, 15) is 4.79 Å². The number of carbonyl (C=O) groups is 1. The largest absolute Gasteiger partial charge is 0.338 e. The average molecular weight is 404 g/mol. The number of hydrogen-bond acceptors (Lipinski definition) is 7. The van der Waals surface area contributed by atoms with E-state index in [2.05, 4.69) is 30.4 Å². The van der Waals surface area contributed by atoms with E-state index in [1.807, 2.05) is 31.1 Å². The second-order valence-corrected chi connectivity index (χ2v) is 7.37. The van der Waals surface area contributed by atoms with Gasteiger partial charge in [-0.1, -0.05) is 0 Å². The molecule has 1 aliphatic heterocycles. The van der Waals surface area contributed by atoms with Crippen molar-refractivity contribution >= 4 is 23.6 Å². The molecular weight excluding hydrogens is 380 g/mol. The van der Waals surface area contributed by atoms with E-state index in [1.54, 1.807) is 41.6 Å². The van der Waals surface area contributed by atoms with Gasteiger partial charge in [-0.3, -0.25) is 14.5 Å². The van der Waals surface area contributed by atoms with Crippen LogP contribution in [0.5, 0.6) is 0 Å². The zero-order valence-electron chi connectivity index (χ0n) is 17.1. The molecule has 0 aromatic carbocycles. The van der Waals surface area contributed by atoms with Gasteiger partial charge in [-0.2, -0.15) is 5.10 Å². The van der Waals surface area contributed by atoms with Gasteiger partial charge in [0.25, 0.3) is 0 Å². The second-order valence-electron chi connectivity index (χ2n) is 7.37. The van der Waals surface area contributed by atoms with Gasteiger partial charge < -0.3 is 10.2 Å². The minimum atomic E-state index is -0.00545. The lowest BCUT2D eigenvalue weighted by Crippen LogP contribution is -2.38. The zero-order chi connectivity index (χ0) is 20.9. The van der Waals surface area contributed by atoms with Crippen LogP contribution in [0.1, 0.15) is 35.8 Å². The Bertz CT molecular complexity index is 1050. The number of nitrogens with one attached hydrogen (secondary N) is 1. The molecule has 1 fully saturated rings. The molecule has 0 radical (unpaired) electrons. The molecule has 30 heavy (non-hydrogen) atoms. The number of amides is 1. The third-order valence-electron chi connectivity index (χ3n) is 4.93. The van der Waals surface area contributed by atoms with Crippen molar-refractivity contribution in [1.82, 2.24) is 34.6 Å². The van der Waals surface area contributed by atoms with Crippen LogP contribution in [0.25, 0.3) is 6.08 Å². The molecule has 9 heteroatoms. The summed E-state index contributed by atoms with van der Waals surface area (Å²) in [5.41, 5.74) is 1.77. The Kier molecular flexibility index (Phi) is 5.78. The number of likely N-dealkylation sites (tertiary alicyclic amines) is 1. The van der Waals surface area contributed by atoms with Gasteiger partial charge >= 0.3 is 0 Å². The zero-order valence-corrected chi connectivity index (χ0v) is 17.1. The molecule has 4 heterocycles. The maximum Gasteiger partial charge on any atom is 0.246 e. The Hall–Kier alpha value is -3.62. The molecule has 4 rings (SSSR count). The maximum atomic E-state index is 12.7. The molecule has 0 aliphatic carbocycles. The summed E-state index contributed by atoms with van der Waals surface area (Å²) in [5, 5.41) is 7.29. The van der Waals surface area contributed by atoms with Crippen LogP contribution in [0, 0.1) is 6.92 Å². The normalized spacial score (nSPS) is 16.7. The number of aryl methyl sites for hydroxylation is 2. The van der Waals surface area contributed by atoms with E-state index in [0.717, 1.165) is 36.5 Å². The van der Waals surface area contributed by atoms with Crippen LogP contribution in [-0.4, -0.2) is 53.6 Å². The molecule has 0 spiro atoms. The van der Waals surface area contributed by atoms with Crippen LogP contribution in [-0.2, 0) is 11.8 Å². The lowest BCUT2D eigenvalue weighted by molar-refractivity contribution is -0.127. The van der Waals surface area contributed by atoms with Gasteiger partial charge in [0.05, 0.1) is 12.4 Å². The van der Waals surface area contributed by atoms with Crippen molar-refractivity contribution < 1.29 is 4.79 Å². The van der Waals surface area contributed by atoms with Crippen LogP contribution >= 0.6 is 0 Å². The van der Waals surface area contributed by atoms with Crippen LogP contribution in [0.4, 0.5) is 11.6 Å². The molecule has 0 saturated carbocycles. The predicted molar refractivity (Wildman–Crippen MR) is 113 cm³/mol. The summed E-state index contributed by atoms with van der Waals surface area (Å²) in [5.74, 6) is 2.14. The molecule has 1 N–H and O–H groups in total. The number of piperidine rings is 1. The molecule has 0 bridgehead atoms. The summed E-state index contributed by atoms with van der Waals surface area (Å²) in [6.07, 6.45) is 13.8. The number of anilines is 2. The standard InChI is InChI=1S/C21H24N8O/c1-15-10-18(26-19-12-22-7-8-23-19)27-21(25-15)17-4-3-9-29(14-17)20(30)6-5-16-11-24-28(2)13-16/h5-8,10-13,17H,3-4,9,14H2,1-2H3,(H,23,25,26,27)/b6-5+/t17-/m1/s1. The third-order valence-corrected chi connectivity index (χ3v) is 4.93. The number of nitrogens with zero attached hydrogens (tertiary/aromatic N) is 7. The smallest absolute Gasteiger partial charge is 0.246 e. The monoisotopic (exact) mass is 404 g/mol. The fourth-order valence-corrected chi connectivity index (χ4v) is 3.52. The first-order chi connectivity index (χ1) is 14.6. The molecule has 3 aromatic rings. The Balaban J connectivity index is 1.46. The van der Waals surface area contributed by atoms with Crippen LogP contribution in [0.15, 0.2) is 43.1 Å². The average Bonchev–Trinajstić information content (AvgIpc) is 3.17. The Morgan fingerprint density at radius 1 is 1.23 bits per heavy atom. The van der Waals surface area contributed by atoms with Crippen LogP contribution in [0.3, 0.4) is 0 Å². The maximum absolute atomic E-state index is 12.7. The van der Waals surface area contributed by atoms with Gasteiger partial charge in [0, 0.05) is 68.0 Å². The third kappa shape index (κ3) is 4.86. The van der Waals surface area contributed by atoms with Gasteiger partial charge in [0.15, 0.2) is 0 Å². The highest BCUT2D eigenvalue weighted by Gasteiger charge is 2.26. The lowest BCUT2D eigenvalue weighted by atomic mass is 9.97. The lowest BCUT2D eigenvalue weighted by Gasteiger charge is -2.31. The Labute approximate surface area is 174 Å². The first-order valence-electron chi connectivity index (χ1n) is 9.91. The highest BCUT2D eigenvalue weighted by Crippen LogP contribution is 2.26. The number of carbonyl (C=O) groups excluding carboxylic acids is 1. The van der Waals surface area contributed by atoms with Gasteiger partial charge in [0.1, 0.15) is 17.5 Å². The molecule has 0 unspecified atom stereocenters. The van der Waals surface area contributed by atoms with Crippen molar-refractivity contribution in [3.05, 3.63) is 60.2 Å². The molecule has 1 atom stereocenters. The molecule has 1 amide bonds. The minimum Gasteiger partial charge on any atom is -0.338 e. The first-order valence-corrected chi connectivity index (χ1v) is 9.91. The quantitative estimate of drug-likeness (QED) is 0.652. The topological polar surface area (TPSA) is 102 Å². The molecule has 3 aromatic heterocycles. The van der Waals surface area contributed by atoms with Crippen LogP contribution in [0.2, 0.25) is 0 Å². The van der Waals surface area contributed by atoms with Crippen molar-refractivity contribution in [2.24, 2.45) is 7.05 Å². The minimum absolute atomic E-state index is 0.00545. The molecular formula is C21H24N8O. The first kappa shape index (κ1) is 19.7. The summed E-state index contributed by atoms with van der Waals surface area (Å²) >= 11 is 0. The molecule has 1 saturated heterocycles. The fraction of sp³-hybridized carbons (Fsp3) is 0.333. The van der Waals surface area contributed by atoms with E-state index in [1.165, 1.54) is 0 Å². The van der Waals surface area contributed by atoms with E-state index in [-0.39, 0.29) is 11.8 Å². The summed E-state index contributed by atoms with van der Waals surface area (Å²) in [6.45, 7) is 3.28. The van der Waals surface area contributed by atoms with Crippen molar-refractivity contribution in [1.29, 1.82) is 0 Å².